The lowest BCUT2D eigenvalue weighted by Crippen LogP contribution is -2.22. The fourth-order valence-corrected chi connectivity index (χ4v) is 3.51. The van der Waals surface area contributed by atoms with Gasteiger partial charge in [-0.15, -0.1) is 0 Å². The number of fused-ring (bicyclic) bond motifs is 3. The Kier molecular flexibility index (Phi) is 3.72. The van der Waals surface area contributed by atoms with Gasteiger partial charge in [-0.1, -0.05) is 30.3 Å². The van der Waals surface area contributed by atoms with E-state index >= 15 is 0 Å². The molecule has 1 aliphatic rings. The summed E-state index contributed by atoms with van der Waals surface area (Å²) in [7, 11) is 0. The molecule has 0 spiro atoms. The van der Waals surface area contributed by atoms with Crippen LogP contribution in [-0.4, -0.2) is 5.78 Å². The number of hydrogen-bond acceptors (Lipinski definition) is 3. The molecule has 1 heterocycles. The Morgan fingerprint density at radius 3 is 2.35 bits per heavy atom. The summed E-state index contributed by atoms with van der Waals surface area (Å²) in [5.41, 5.74) is -0.596. The topological polar surface area (TPSA) is 47.3 Å². The highest BCUT2D eigenvalue weighted by atomic mass is 19.4. The minimum absolute atomic E-state index is 0.0109. The van der Waals surface area contributed by atoms with Crippen molar-refractivity contribution in [3.63, 3.8) is 0 Å². The zero-order valence-corrected chi connectivity index (χ0v) is 13.5. The molecule has 0 saturated heterocycles. The number of hydrogen-bond donors (Lipinski definition) is 0. The monoisotopic (exact) mass is 358 g/mol. The van der Waals surface area contributed by atoms with Crippen LogP contribution in [-0.2, 0) is 12.6 Å². The van der Waals surface area contributed by atoms with Crippen molar-refractivity contribution < 1.29 is 22.4 Å². The van der Waals surface area contributed by atoms with E-state index in [2.05, 4.69) is 0 Å². The van der Waals surface area contributed by atoms with Crippen molar-refractivity contribution in [1.82, 2.24) is 0 Å². The van der Waals surface area contributed by atoms with E-state index in [0.29, 0.717) is 6.42 Å². The average Bonchev–Trinajstić information content (AvgIpc) is 2.61. The first-order chi connectivity index (χ1) is 12.3. The van der Waals surface area contributed by atoms with Crippen LogP contribution in [0, 0.1) is 0 Å². The predicted molar refractivity (Wildman–Crippen MR) is 89.3 cm³/mol. The van der Waals surface area contributed by atoms with Crippen LogP contribution in [0.4, 0.5) is 13.2 Å². The molecule has 0 radical (unpaired) electrons. The van der Waals surface area contributed by atoms with Gasteiger partial charge in [-0.05, 0) is 29.7 Å². The Labute approximate surface area is 146 Å². The van der Waals surface area contributed by atoms with Gasteiger partial charge in [0.1, 0.15) is 5.76 Å². The molecular weight excluding hydrogens is 345 g/mol. The van der Waals surface area contributed by atoms with Crippen molar-refractivity contribution >= 4 is 16.6 Å². The highest BCUT2D eigenvalue weighted by Crippen LogP contribution is 2.37. The minimum Gasteiger partial charge on any atom is -0.427 e. The molecule has 132 valence electrons. The van der Waals surface area contributed by atoms with Crippen molar-refractivity contribution in [3.8, 4) is 0 Å². The van der Waals surface area contributed by atoms with Crippen molar-refractivity contribution in [1.29, 1.82) is 0 Å². The minimum atomic E-state index is -4.55. The number of halogens is 3. The summed E-state index contributed by atoms with van der Waals surface area (Å²) >= 11 is 0. The van der Waals surface area contributed by atoms with E-state index in [1.807, 2.05) is 30.3 Å². The van der Waals surface area contributed by atoms with E-state index in [0.717, 1.165) is 23.8 Å². The molecule has 3 aromatic rings. The Bertz CT molecular complexity index is 1070. The van der Waals surface area contributed by atoms with Crippen molar-refractivity contribution in [2.45, 2.75) is 24.9 Å². The second kappa shape index (κ2) is 5.83. The fraction of sp³-hybridized carbons (Fsp3) is 0.200. The Balaban J connectivity index is 1.90. The maximum atomic E-state index is 13.0. The van der Waals surface area contributed by atoms with E-state index in [4.69, 9.17) is 4.42 Å². The second-order valence-corrected chi connectivity index (χ2v) is 6.38. The molecule has 1 atom stereocenters. The Morgan fingerprint density at radius 1 is 0.923 bits per heavy atom. The van der Waals surface area contributed by atoms with Crippen LogP contribution in [0.25, 0.3) is 10.8 Å². The first-order valence-corrected chi connectivity index (χ1v) is 8.09. The van der Waals surface area contributed by atoms with E-state index in [1.165, 1.54) is 0 Å². The van der Waals surface area contributed by atoms with Gasteiger partial charge < -0.3 is 4.42 Å². The van der Waals surface area contributed by atoms with Gasteiger partial charge >= 0.3 is 11.8 Å². The maximum absolute atomic E-state index is 13.0. The summed E-state index contributed by atoms with van der Waals surface area (Å²) in [5, 5.41) is 0.00541. The highest BCUT2D eigenvalue weighted by Gasteiger charge is 2.34. The van der Waals surface area contributed by atoms with Gasteiger partial charge in [0.05, 0.1) is 16.5 Å². The first kappa shape index (κ1) is 16.6. The quantitative estimate of drug-likeness (QED) is 0.632. The zero-order chi connectivity index (χ0) is 18.5. The molecule has 1 aromatic heterocycles. The summed E-state index contributed by atoms with van der Waals surface area (Å²) < 4.78 is 44.4. The van der Waals surface area contributed by atoms with E-state index in [-0.39, 0.29) is 40.2 Å². The van der Waals surface area contributed by atoms with Crippen molar-refractivity contribution in [2.75, 3.05) is 0 Å². The van der Waals surface area contributed by atoms with Crippen molar-refractivity contribution in [2.24, 2.45) is 0 Å². The molecule has 0 aliphatic heterocycles. The molecular formula is C20H13F3O3. The van der Waals surface area contributed by atoms with Crippen LogP contribution < -0.4 is 5.63 Å². The van der Waals surface area contributed by atoms with Gasteiger partial charge in [-0.25, -0.2) is 4.79 Å². The van der Waals surface area contributed by atoms with Gasteiger partial charge in [-0.3, -0.25) is 4.79 Å². The third kappa shape index (κ3) is 2.71. The lowest BCUT2D eigenvalue weighted by Gasteiger charge is -2.23. The summed E-state index contributed by atoms with van der Waals surface area (Å²) in [4.78, 5) is 24.9. The Hall–Kier alpha value is -2.89. The lowest BCUT2D eigenvalue weighted by atomic mass is 9.81. The number of rotatable bonds is 1. The largest absolute Gasteiger partial charge is 0.427 e. The Morgan fingerprint density at radius 2 is 1.65 bits per heavy atom. The molecule has 3 nitrogen and oxygen atoms in total. The first-order valence-electron chi connectivity index (χ1n) is 8.09. The number of alkyl halides is 3. The highest BCUT2D eigenvalue weighted by molar-refractivity contribution is 6.09. The van der Waals surface area contributed by atoms with Gasteiger partial charge in [0.15, 0.2) is 5.78 Å². The average molecular weight is 358 g/mol. The van der Waals surface area contributed by atoms with Gasteiger partial charge in [0, 0.05) is 18.2 Å². The summed E-state index contributed by atoms with van der Waals surface area (Å²) in [6.45, 7) is 0. The molecule has 6 heteroatoms. The number of Topliss-reactive ketones (excluding diaryl/α,β-unsaturated/α-hetero) is 1. The molecule has 26 heavy (non-hydrogen) atoms. The normalized spacial score (nSPS) is 17.3. The van der Waals surface area contributed by atoms with Crippen LogP contribution in [0.2, 0.25) is 0 Å². The van der Waals surface area contributed by atoms with Crippen LogP contribution in [0.5, 0.6) is 0 Å². The molecule has 2 aromatic carbocycles. The van der Waals surface area contributed by atoms with Crippen LogP contribution in [0.15, 0.2) is 57.7 Å². The second-order valence-electron chi connectivity index (χ2n) is 6.38. The summed E-state index contributed by atoms with van der Waals surface area (Å²) in [5.74, 6) is -0.317. The third-order valence-corrected chi connectivity index (χ3v) is 4.74. The SMILES string of the molecule is O=C1CC(c2ccccc2)Cc2oc(=O)c3ccc(C(F)(F)F)cc3c21. The van der Waals surface area contributed by atoms with Crippen LogP contribution >= 0.6 is 0 Å². The van der Waals surface area contributed by atoms with Gasteiger partial charge in [-0.2, -0.15) is 13.2 Å². The molecule has 0 fully saturated rings. The lowest BCUT2D eigenvalue weighted by molar-refractivity contribution is -0.137. The molecule has 0 amide bonds. The third-order valence-electron chi connectivity index (χ3n) is 4.74. The molecule has 0 bridgehead atoms. The van der Waals surface area contributed by atoms with E-state index in [9.17, 15) is 22.8 Å². The van der Waals surface area contributed by atoms with Gasteiger partial charge in [0.25, 0.3) is 0 Å². The van der Waals surface area contributed by atoms with Crippen molar-refractivity contribution in [3.05, 3.63) is 81.4 Å². The maximum Gasteiger partial charge on any atom is 0.416 e. The summed E-state index contributed by atoms with van der Waals surface area (Å²) in [6, 6.07) is 12.1. The molecule has 1 unspecified atom stereocenters. The standard InChI is InChI=1S/C20H13F3O3/c21-20(22,23)13-6-7-14-15(10-13)18-16(24)8-12(9-17(18)26-19(14)25)11-4-2-1-3-5-11/h1-7,10,12H,8-9H2. The smallest absolute Gasteiger partial charge is 0.416 e. The molecule has 0 saturated carbocycles. The number of benzene rings is 2. The predicted octanol–water partition coefficient (Wildman–Crippen LogP) is 4.72. The van der Waals surface area contributed by atoms with Crippen LogP contribution in [0.1, 0.15) is 39.6 Å². The molecule has 4 rings (SSSR count). The van der Waals surface area contributed by atoms with Gasteiger partial charge in [0.2, 0.25) is 0 Å². The number of carbonyl (C=O) groups is 1. The summed E-state index contributed by atoms with van der Waals surface area (Å²) in [6.07, 6.45) is -4.09. The fourth-order valence-electron chi connectivity index (χ4n) is 3.51. The molecule has 1 aliphatic carbocycles. The van der Waals surface area contributed by atoms with E-state index in [1.54, 1.807) is 0 Å². The van der Waals surface area contributed by atoms with Crippen LogP contribution in [0.3, 0.4) is 0 Å². The number of ketones is 1. The number of carbonyl (C=O) groups excluding carboxylic acids is 1. The zero-order valence-electron chi connectivity index (χ0n) is 13.5. The molecule has 0 N–H and O–H groups in total. The van der Waals surface area contributed by atoms with E-state index < -0.39 is 17.4 Å².